The van der Waals surface area contributed by atoms with E-state index >= 15 is 0 Å². The Hall–Kier alpha value is -4.43. The Kier molecular flexibility index (Phi) is 8.33. The van der Waals surface area contributed by atoms with Crippen molar-refractivity contribution in [1.29, 1.82) is 0 Å². The maximum Gasteiger partial charge on any atom is 0.254 e. The van der Waals surface area contributed by atoms with Gasteiger partial charge < -0.3 is 19.7 Å². The number of anilines is 1. The van der Waals surface area contributed by atoms with Gasteiger partial charge in [0.1, 0.15) is 18.1 Å². The van der Waals surface area contributed by atoms with Gasteiger partial charge in [-0.3, -0.25) is 9.59 Å². The van der Waals surface area contributed by atoms with E-state index in [1.54, 1.807) is 43.2 Å². The first kappa shape index (κ1) is 25.7. The van der Waals surface area contributed by atoms with Gasteiger partial charge in [0.15, 0.2) is 0 Å². The number of hydrogen-bond acceptors (Lipinski definition) is 5. The number of benzene rings is 3. The summed E-state index contributed by atoms with van der Waals surface area (Å²) in [4.78, 5) is 27.8. The smallest absolute Gasteiger partial charge is 0.254 e. The summed E-state index contributed by atoms with van der Waals surface area (Å²) in [5.74, 6) is 0.547. The highest BCUT2D eigenvalue weighted by atomic mass is 16.5. The third-order valence-corrected chi connectivity index (χ3v) is 5.85. The summed E-state index contributed by atoms with van der Waals surface area (Å²) < 4.78 is 12.0. The number of aryl methyl sites for hydroxylation is 1. The number of nitrogens with zero attached hydrogens (tertiary/aromatic N) is 3. The first-order chi connectivity index (χ1) is 18.0. The molecule has 0 fully saturated rings. The Balaban J connectivity index is 1.58. The molecule has 0 saturated heterocycles. The summed E-state index contributed by atoms with van der Waals surface area (Å²) in [5.41, 5.74) is 4.05. The molecule has 0 unspecified atom stereocenters. The summed E-state index contributed by atoms with van der Waals surface area (Å²) in [5, 5.41) is 7.70. The van der Waals surface area contributed by atoms with Gasteiger partial charge in [-0.05, 0) is 43.3 Å². The molecule has 0 aliphatic carbocycles. The van der Waals surface area contributed by atoms with Crippen LogP contribution in [0.5, 0.6) is 5.75 Å². The minimum absolute atomic E-state index is 0.145. The lowest BCUT2D eigenvalue weighted by molar-refractivity contribution is -0.117. The van der Waals surface area contributed by atoms with Crippen LogP contribution in [0.4, 0.5) is 5.82 Å². The van der Waals surface area contributed by atoms with Crippen molar-refractivity contribution in [2.24, 2.45) is 0 Å². The average molecular weight is 499 g/mol. The van der Waals surface area contributed by atoms with E-state index in [-0.39, 0.29) is 24.9 Å². The average Bonchev–Trinajstić information content (AvgIpc) is 3.35. The van der Waals surface area contributed by atoms with Gasteiger partial charge in [0.2, 0.25) is 5.91 Å². The van der Waals surface area contributed by atoms with Crippen molar-refractivity contribution < 1.29 is 19.1 Å². The van der Waals surface area contributed by atoms with Crippen molar-refractivity contribution in [2.75, 3.05) is 39.2 Å². The number of ether oxygens (including phenoxy) is 2. The lowest BCUT2D eigenvalue weighted by Gasteiger charge is -2.22. The van der Waals surface area contributed by atoms with Crippen LogP contribution >= 0.6 is 0 Å². The fourth-order valence-electron chi connectivity index (χ4n) is 3.83. The molecule has 37 heavy (non-hydrogen) atoms. The fraction of sp³-hybridized carbons (Fsp3) is 0.207. The van der Waals surface area contributed by atoms with Crippen LogP contribution in [0.25, 0.3) is 16.9 Å². The molecule has 3 aromatic carbocycles. The summed E-state index contributed by atoms with van der Waals surface area (Å²) in [6.07, 6.45) is 0. The maximum atomic E-state index is 13.2. The van der Waals surface area contributed by atoms with Crippen LogP contribution in [0.3, 0.4) is 0 Å². The summed E-state index contributed by atoms with van der Waals surface area (Å²) in [7, 11) is 3.12. The molecule has 2 amide bonds. The number of hydrogen-bond donors (Lipinski definition) is 1. The third kappa shape index (κ3) is 6.42. The highest BCUT2D eigenvalue weighted by Gasteiger charge is 2.21. The zero-order valence-corrected chi connectivity index (χ0v) is 21.2. The van der Waals surface area contributed by atoms with Gasteiger partial charge in [-0.25, -0.2) is 4.68 Å². The van der Waals surface area contributed by atoms with Crippen molar-refractivity contribution in [3.8, 4) is 22.7 Å². The quantitative estimate of drug-likeness (QED) is 0.346. The van der Waals surface area contributed by atoms with Crippen molar-refractivity contribution in [3.05, 3.63) is 96.1 Å². The molecule has 4 rings (SSSR count). The molecule has 4 aromatic rings. The first-order valence-electron chi connectivity index (χ1n) is 11.9. The van der Waals surface area contributed by atoms with Crippen molar-refractivity contribution in [2.45, 2.75) is 6.92 Å². The van der Waals surface area contributed by atoms with E-state index < -0.39 is 0 Å². The SMILES string of the molecule is COCCN(CC(=O)Nc1cc(-c2ccccc2)nn1-c1ccc(C)cc1)C(=O)c1ccc(OC)cc1. The number of nitrogens with one attached hydrogen (secondary N) is 1. The topological polar surface area (TPSA) is 85.7 Å². The number of carbonyl (C=O) groups excluding carboxylic acids is 2. The highest BCUT2D eigenvalue weighted by Crippen LogP contribution is 2.25. The summed E-state index contributed by atoms with van der Waals surface area (Å²) in [6.45, 7) is 2.43. The van der Waals surface area contributed by atoms with Crippen molar-refractivity contribution >= 4 is 17.6 Å². The maximum absolute atomic E-state index is 13.2. The fourth-order valence-corrected chi connectivity index (χ4v) is 3.83. The molecule has 0 spiro atoms. The molecule has 1 aromatic heterocycles. The van der Waals surface area contributed by atoms with E-state index in [0.29, 0.717) is 23.7 Å². The van der Waals surface area contributed by atoms with Crippen LogP contribution in [0.2, 0.25) is 0 Å². The zero-order chi connectivity index (χ0) is 26.2. The van der Waals surface area contributed by atoms with Crippen LogP contribution in [0.1, 0.15) is 15.9 Å². The number of carbonyl (C=O) groups is 2. The predicted molar refractivity (Wildman–Crippen MR) is 143 cm³/mol. The molecule has 0 saturated carbocycles. The molecule has 190 valence electrons. The largest absolute Gasteiger partial charge is 0.497 e. The Labute approximate surface area is 216 Å². The standard InChI is InChI=1S/C29H30N4O4/c1-21-9-13-24(14-10-21)33-27(19-26(31-33)22-7-5-4-6-8-22)30-28(34)20-32(17-18-36-2)29(35)23-11-15-25(37-3)16-12-23/h4-16,19H,17-18,20H2,1-3H3,(H,30,34). The van der Waals surface area contributed by atoms with E-state index in [1.807, 2.05) is 67.6 Å². The third-order valence-electron chi connectivity index (χ3n) is 5.85. The number of methoxy groups -OCH3 is 2. The van der Waals surface area contributed by atoms with Crippen molar-refractivity contribution in [3.63, 3.8) is 0 Å². The molecule has 0 atom stereocenters. The molecular formula is C29H30N4O4. The van der Waals surface area contributed by atoms with Gasteiger partial charge in [-0.1, -0.05) is 48.0 Å². The zero-order valence-electron chi connectivity index (χ0n) is 21.2. The summed E-state index contributed by atoms with van der Waals surface area (Å²) in [6, 6.07) is 26.3. The molecule has 0 aliphatic rings. The van der Waals surface area contributed by atoms with Gasteiger partial charge in [0, 0.05) is 30.8 Å². The highest BCUT2D eigenvalue weighted by molar-refractivity contribution is 5.99. The van der Waals surface area contributed by atoms with E-state index in [1.165, 1.54) is 4.90 Å². The molecule has 0 aliphatic heterocycles. The first-order valence-corrected chi connectivity index (χ1v) is 11.9. The molecule has 8 nitrogen and oxygen atoms in total. The number of rotatable bonds is 10. The number of amides is 2. The Morgan fingerprint density at radius 3 is 2.30 bits per heavy atom. The predicted octanol–water partition coefficient (Wildman–Crippen LogP) is 4.58. The second-order valence-corrected chi connectivity index (χ2v) is 8.52. The van der Waals surface area contributed by atoms with Gasteiger partial charge in [0.25, 0.3) is 5.91 Å². The van der Waals surface area contributed by atoms with Crippen LogP contribution in [-0.2, 0) is 9.53 Å². The minimum Gasteiger partial charge on any atom is -0.497 e. The summed E-state index contributed by atoms with van der Waals surface area (Å²) >= 11 is 0. The second-order valence-electron chi connectivity index (χ2n) is 8.52. The van der Waals surface area contributed by atoms with E-state index in [9.17, 15) is 9.59 Å². The Morgan fingerprint density at radius 1 is 0.946 bits per heavy atom. The molecule has 0 radical (unpaired) electrons. The van der Waals surface area contributed by atoms with Crippen LogP contribution < -0.4 is 10.1 Å². The minimum atomic E-state index is -0.342. The van der Waals surface area contributed by atoms with Crippen LogP contribution in [0, 0.1) is 6.92 Å². The molecule has 1 N–H and O–H groups in total. The van der Waals surface area contributed by atoms with Gasteiger partial charge in [-0.2, -0.15) is 5.10 Å². The molecule has 1 heterocycles. The Bertz CT molecular complexity index is 1330. The molecular weight excluding hydrogens is 468 g/mol. The normalized spacial score (nSPS) is 10.7. The Morgan fingerprint density at radius 2 is 1.65 bits per heavy atom. The van der Waals surface area contributed by atoms with Gasteiger partial charge in [-0.15, -0.1) is 0 Å². The van der Waals surface area contributed by atoms with E-state index in [4.69, 9.17) is 14.6 Å². The van der Waals surface area contributed by atoms with Gasteiger partial charge >= 0.3 is 0 Å². The number of aromatic nitrogens is 2. The van der Waals surface area contributed by atoms with E-state index in [0.717, 1.165) is 22.5 Å². The lowest BCUT2D eigenvalue weighted by atomic mass is 10.1. The van der Waals surface area contributed by atoms with E-state index in [2.05, 4.69) is 5.32 Å². The van der Waals surface area contributed by atoms with Crippen LogP contribution in [-0.4, -0.2) is 60.4 Å². The molecule has 0 bridgehead atoms. The monoisotopic (exact) mass is 498 g/mol. The molecule has 8 heteroatoms. The second kappa shape index (κ2) is 12.0. The lowest BCUT2D eigenvalue weighted by Crippen LogP contribution is -2.40. The van der Waals surface area contributed by atoms with Crippen LogP contribution in [0.15, 0.2) is 84.9 Å². The van der Waals surface area contributed by atoms with Crippen molar-refractivity contribution in [1.82, 2.24) is 14.7 Å². The van der Waals surface area contributed by atoms with Gasteiger partial charge in [0.05, 0.1) is 25.1 Å².